The lowest BCUT2D eigenvalue weighted by molar-refractivity contribution is 0.0726. The number of hydrogen-bond acceptors (Lipinski definition) is 5. The van der Waals surface area contributed by atoms with Crippen molar-refractivity contribution in [2.75, 3.05) is 29.4 Å². The molecule has 6 rings (SSSR count). The number of anilines is 2. The molecule has 2 heterocycles. The highest BCUT2D eigenvalue weighted by atomic mass is 32.2. The van der Waals surface area contributed by atoms with Gasteiger partial charge in [-0.05, 0) is 67.9 Å². The molecule has 1 saturated heterocycles. The average molecular weight is 584 g/mol. The summed E-state index contributed by atoms with van der Waals surface area (Å²) in [6.07, 6.45) is 0. The number of piperazine rings is 1. The van der Waals surface area contributed by atoms with Crippen molar-refractivity contribution in [2.24, 2.45) is 0 Å². The van der Waals surface area contributed by atoms with Gasteiger partial charge in [-0.15, -0.1) is 0 Å². The van der Waals surface area contributed by atoms with Gasteiger partial charge in [-0.25, -0.2) is 12.8 Å². The zero-order valence-electron chi connectivity index (χ0n) is 23.3. The Morgan fingerprint density at radius 1 is 0.905 bits per heavy atom. The highest BCUT2D eigenvalue weighted by Gasteiger charge is 2.37. The van der Waals surface area contributed by atoms with Crippen LogP contribution < -0.4 is 9.80 Å². The van der Waals surface area contributed by atoms with Gasteiger partial charge in [0, 0.05) is 42.5 Å². The Morgan fingerprint density at radius 2 is 1.67 bits per heavy atom. The van der Waals surface area contributed by atoms with E-state index < -0.39 is 21.6 Å². The topological polar surface area (TPSA) is 78.0 Å². The molecule has 0 saturated carbocycles. The van der Waals surface area contributed by atoms with Gasteiger partial charge in [0.2, 0.25) is 9.84 Å². The number of carbonyl (C=O) groups is 2. The van der Waals surface area contributed by atoms with Crippen LogP contribution >= 0.6 is 0 Å². The Bertz CT molecular complexity index is 1820. The van der Waals surface area contributed by atoms with E-state index in [1.807, 2.05) is 19.1 Å². The highest BCUT2D eigenvalue weighted by Crippen LogP contribution is 2.38. The molecule has 0 unspecified atom stereocenters. The summed E-state index contributed by atoms with van der Waals surface area (Å²) in [5.74, 6) is -1.35. The van der Waals surface area contributed by atoms with Crippen molar-refractivity contribution in [1.29, 1.82) is 0 Å². The first-order valence-electron chi connectivity index (χ1n) is 13.8. The summed E-state index contributed by atoms with van der Waals surface area (Å²) in [5.41, 5.74) is 2.81. The molecular formula is C33H30FN3O4S. The first-order chi connectivity index (χ1) is 20.1. The first kappa shape index (κ1) is 27.7. The van der Waals surface area contributed by atoms with Gasteiger partial charge in [0.1, 0.15) is 5.82 Å². The van der Waals surface area contributed by atoms with Crippen LogP contribution in [0.5, 0.6) is 0 Å². The third-order valence-corrected chi connectivity index (χ3v) is 9.83. The van der Waals surface area contributed by atoms with Gasteiger partial charge in [0.25, 0.3) is 11.8 Å². The molecule has 7 nitrogen and oxygen atoms in total. The third kappa shape index (κ3) is 4.83. The van der Waals surface area contributed by atoms with Crippen molar-refractivity contribution >= 4 is 33.0 Å². The lowest BCUT2D eigenvalue weighted by Crippen LogP contribution is -2.53. The fraction of sp³-hybridized carbons (Fsp3) is 0.212. The van der Waals surface area contributed by atoms with Crippen LogP contribution in [0.3, 0.4) is 0 Å². The molecular weight excluding hydrogens is 553 g/mol. The minimum Gasteiger partial charge on any atom is -0.365 e. The fourth-order valence-corrected chi connectivity index (χ4v) is 7.44. The molecule has 1 fully saturated rings. The number of halogens is 1. The number of carbonyl (C=O) groups excluding carboxylic acids is 2. The summed E-state index contributed by atoms with van der Waals surface area (Å²) < 4.78 is 42.3. The minimum atomic E-state index is -4.11. The molecule has 9 heteroatoms. The summed E-state index contributed by atoms with van der Waals surface area (Å²) in [5, 5.41) is 0. The second-order valence-corrected chi connectivity index (χ2v) is 12.7. The summed E-state index contributed by atoms with van der Waals surface area (Å²) in [6.45, 7) is 5.51. The van der Waals surface area contributed by atoms with Gasteiger partial charge in [-0.1, -0.05) is 42.5 Å². The molecule has 0 N–H and O–H groups in total. The molecule has 4 aromatic carbocycles. The second-order valence-electron chi connectivity index (χ2n) is 10.8. The van der Waals surface area contributed by atoms with E-state index in [-0.39, 0.29) is 50.7 Å². The molecule has 0 bridgehead atoms. The molecule has 42 heavy (non-hydrogen) atoms. The Morgan fingerprint density at radius 3 is 2.43 bits per heavy atom. The van der Waals surface area contributed by atoms with Crippen molar-refractivity contribution in [1.82, 2.24) is 4.90 Å². The summed E-state index contributed by atoms with van der Waals surface area (Å²) in [4.78, 5) is 32.7. The largest absolute Gasteiger partial charge is 0.365 e. The number of amides is 2. The average Bonchev–Trinajstić information content (AvgIpc) is 3.05. The Hall–Kier alpha value is -4.50. The van der Waals surface area contributed by atoms with Crippen LogP contribution in [0.4, 0.5) is 15.8 Å². The van der Waals surface area contributed by atoms with Gasteiger partial charge in [-0.2, -0.15) is 0 Å². The van der Waals surface area contributed by atoms with Crippen LogP contribution in [0.2, 0.25) is 0 Å². The normalized spacial score (nSPS) is 17.8. The number of rotatable bonds is 4. The van der Waals surface area contributed by atoms with Crippen LogP contribution in [0.1, 0.15) is 38.8 Å². The van der Waals surface area contributed by atoms with Crippen LogP contribution in [-0.2, 0) is 16.4 Å². The number of benzene rings is 4. The lowest BCUT2D eigenvalue weighted by Gasteiger charge is -2.41. The minimum absolute atomic E-state index is 0.000916. The predicted octanol–water partition coefficient (Wildman–Crippen LogP) is 5.48. The maximum absolute atomic E-state index is 14.7. The van der Waals surface area contributed by atoms with E-state index in [0.29, 0.717) is 19.6 Å². The zero-order chi connectivity index (χ0) is 29.6. The second kappa shape index (κ2) is 10.7. The lowest BCUT2D eigenvalue weighted by atomic mass is 10.1. The Kier molecular flexibility index (Phi) is 7.06. The molecule has 0 radical (unpaired) electrons. The monoisotopic (exact) mass is 583 g/mol. The molecule has 0 spiro atoms. The van der Waals surface area contributed by atoms with Gasteiger partial charge in [0.05, 0.1) is 27.6 Å². The van der Waals surface area contributed by atoms with Crippen molar-refractivity contribution in [3.05, 3.63) is 119 Å². The van der Waals surface area contributed by atoms with E-state index in [9.17, 15) is 22.4 Å². The molecule has 214 valence electrons. The Labute approximate surface area is 244 Å². The molecule has 2 amide bonds. The van der Waals surface area contributed by atoms with E-state index in [2.05, 4.69) is 24.0 Å². The van der Waals surface area contributed by atoms with Gasteiger partial charge < -0.3 is 14.7 Å². The summed E-state index contributed by atoms with van der Waals surface area (Å²) >= 11 is 0. The molecule has 0 aromatic heterocycles. The van der Waals surface area contributed by atoms with Crippen molar-refractivity contribution in [3.63, 3.8) is 0 Å². The van der Waals surface area contributed by atoms with Crippen LogP contribution in [0.15, 0.2) is 101 Å². The predicted molar refractivity (Wildman–Crippen MR) is 159 cm³/mol. The number of fused-ring (bicyclic) bond motifs is 2. The Balaban J connectivity index is 1.37. The molecule has 2 aliphatic heterocycles. The molecule has 4 aromatic rings. The van der Waals surface area contributed by atoms with E-state index in [4.69, 9.17) is 0 Å². The van der Waals surface area contributed by atoms with Crippen LogP contribution in [0, 0.1) is 12.7 Å². The maximum Gasteiger partial charge on any atom is 0.259 e. The van der Waals surface area contributed by atoms with E-state index >= 15 is 0 Å². The SMILES string of the molecule is Cc1cccc(N2CCN(C(=O)c3ccc4c(c3)N(Cc3ccccc3F)C(=O)c3ccccc3S4(=O)=O)C[C@@H]2C)c1. The maximum atomic E-state index is 14.7. The van der Waals surface area contributed by atoms with E-state index in [1.54, 1.807) is 35.2 Å². The first-order valence-corrected chi connectivity index (χ1v) is 15.3. The number of hydrogen-bond donors (Lipinski definition) is 0. The number of nitrogens with zero attached hydrogens (tertiary/aromatic N) is 3. The van der Waals surface area contributed by atoms with Crippen molar-refractivity contribution in [3.8, 4) is 0 Å². The van der Waals surface area contributed by atoms with Crippen LogP contribution in [-0.4, -0.2) is 50.8 Å². The smallest absolute Gasteiger partial charge is 0.259 e. The van der Waals surface area contributed by atoms with E-state index in [0.717, 1.165) is 11.3 Å². The van der Waals surface area contributed by atoms with Crippen LogP contribution in [0.25, 0.3) is 0 Å². The molecule has 0 aliphatic carbocycles. The van der Waals surface area contributed by atoms with Gasteiger partial charge in [0.15, 0.2) is 0 Å². The van der Waals surface area contributed by atoms with E-state index in [1.165, 1.54) is 41.3 Å². The molecule has 2 aliphatic rings. The number of aryl methyl sites for hydroxylation is 1. The summed E-state index contributed by atoms with van der Waals surface area (Å²) in [6, 6.07) is 24.7. The van der Waals surface area contributed by atoms with Crippen molar-refractivity contribution < 1.29 is 22.4 Å². The fourth-order valence-electron chi connectivity index (χ4n) is 5.81. The quantitative estimate of drug-likeness (QED) is 0.318. The zero-order valence-corrected chi connectivity index (χ0v) is 24.1. The number of sulfone groups is 1. The molecule has 1 atom stereocenters. The van der Waals surface area contributed by atoms with Gasteiger partial charge >= 0.3 is 0 Å². The highest BCUT2D eigenvalue weighted by molar-refractivity contribution is 7.91. The van der Waals surface area contributed by atoms with Gasteiger partial charge in [-0.3, -0.25) is 9.59 Å². The van der Waals surface area contributed by atoms with Crippen molar-refractivity contribution in [2.45, 2.75) is 36.2 Å². The standard InChI is InChI=1S/C33H30FN3O4S/c1-22-8-7-10-26(18-22)36-17-16-35(20-23(36)2)32(38)24-14-15-31-29(19-24)37(21-25-9-3-5-12-28(25)34)33(39)27-11-4-6-13-30(27)42(31,40)41/h3-15,18-19,23H,16-17,20-21H2,1-2H3/t23-/m0/s1. The third-order valence-electron chi connectivity index (χ3n) is 7.97. The summed E-state index contributed by atoms with van der Waals surface area (Å²) in [7, 11) is -4.11.